The number of thiophene rings is 1. The number of nitrogens with zero attached hydrogens (tertiary/aromatic N) is 2. The second kappa shape index (κ2) is 9.06. The van der Waals surface area contributed by atoms with Gasteiger partial charge in [-0.2, -0.15) is 0 Å². The number of amides is 1. The van der Waals surface area contributed by atoms with E-state index in [9.17, 15) is 4.79 Å². The van der Waals surface area contributed by atoms with E-state index < -0.39 is 0 Å². The molecule has 0 radical (unpaired) electrons. The summed E-state index contributed by atoms with van der Waals surface area (Å²) in [5.41, 5.74) is 3.17. The molecule has 3 aromatic rings. The zero-order chi connectivity index (χ0) is 19.2. The van der Waals surface area contributed by atoms with E-state index in [0.29, 0.717) is 19.8 Å². The number of ether oxygens (including phenoxy) is 1. The Balaban J connectivity index is 1.44. The molecule has 2 heterocycles. The number of carbonyl (C=O) groups excluding carboxylic acids is 1. The van der Waals surface area contributed by atoms with Crippen molar-refractivity contribution in [2.24, 2.45) is 0 Å². The van der Waals surface area contributed by atoms with E-state index in [1.165, 1.54) is 16.9 Å². The highest BCUT2D eigenvalue weighted by molar-refractivity contribution is 7.20. The normalized spacial score (nSPS) is 11.1. The Labute approximate surface area is 163 Å². The van der Waals surface area contributed by atoms with E-state index in [0.717, 1.165) is 45.0 Å². The number of hydrogen-bond acceptors (Lipinski definition) is 5. The van der Waals surface area contributed by atoms with Crippen molar-refractivity contribution in [1.29, 1.82) is 0 Å². The van der Waals surface area contributed by atoms with Gasteiger partial charge in [-0.05, 0) is 44.7 Å². The van der Waals surface area contributed by atoms with Crippen LogP contribution in [-0.4, -0.2) is 35.6 Å². The van der Waals surface area contributed by atoms with Gasteiger partial charge in [0.15, 0.2) is 0 Å². The van der Waals surface area contributed by atoms with Crippen LogP contribution in [0.25, 0.3) is 10.2 Å². The highest BCUT2D eigenvalue weighted by atomic mass is 32.1. The predicted octanol–water partition coefficient (Wildman–Crippen LogP) is 4.00. The fourth-order valence-electron chi connectivity index (χ4n) is 3.08. The molecule has 0 unspecified atom stereocenters. The minimum absolute atomic E-state index is 0.0446. The van der Waals surface area contributed by atoms with Crippen molar-refractivity contribution in [3.05, 3.63) is 57.9 Å². The molecule has 0 aliphatic rings. The first-order valence-electron chi connectivity index (χ1n) is 9.20. The van der Waals surface area contributed by atoms with Crippen LogP contribution in [0.5, 0.6) is 0 Å². The van der Waals surface area contributed by atoms with Crippen LogP contribution in [0.4, 0.5) is 0 Å². The Hall–Kier alpha value is -2.31. The summed E-state index contributed by atoms with van der Waals surface area (Å²) in [5.74, 6) is 0.692. The predicted molar refractivity (Wildman–Crippen MR) is 110 cm³/mol. The van der Waals surface area contributed by atoms with Crippen molar-refractivity contribution in [2.75, 3.05) is 19.8 Å². The van der Waals surface area contributed by atoms with Crippen LogP contribution < -0.4 is 5.32 Å². The quantitative estimate of drug-likeness (QED) is 0.597. The van der Waals surface area contributed by atoms with Gasteiger partial charge in [0.1, 0.15) is 10.7 Å². The molecule has 142 valence electrons. The maximum Gasteiger partial charge on any atom is 0.261 e. The van der Waals surface area contributed by atoms with Crippen molar-refractivity contribution >= 4 is 27.5 Å². The fraction of sp³-hybridized carbons (Fsp3) is 0.381. The lowest BCUT2D eigenvalue weighted by Gasteiger charge is -2.06. The van der Waals surface area contributed by atoms with Gasteiger partial charge in [0.25, 0.3) is 5.91 Å². The summed E-state index contributed by atoms with van der Waals surface area (Å²) in [4.78, 5) is 23.0. The average molecular weight is 384 g/mol. The molecule has 0 saturated carbocycles. The largest absolute Gasteiger partial charge is 0.381 e. The molecule has 3 rings (SSSR count). The average Bonchev–Trinajstić information content (AvgIpc) is 2.98. The van der Waals surface area contributed by atoms with E-state index in [2.05, 4.69) is 27.4 Å². The van der Waals surface area contributed by atoms with Gasteiger partial charge in [0, 0.05) is 24.2 Å². The molecule has 0 fully saturated rings. The number of fused-ring (bicyclic) bond motifs is 1. The molecule has 1 aromatic carbocycles. The minimum atomic E-state index is -0.0446. The summed E-state index contributed by atoms with van der Waals surface area (Å²) in [6.07, 6.45) is 1.70. The molecule has 0 spiro atoms. The van der Waals surface area contributed by atoms with Gasteiger partial charge >= 0.3 is 0 Å². The van der Waals surface area contributed by atoms with E-state index in [1.54, 1.807) is 0 Å². The van der Waals surface area contributed by atoms with Crippen LogP contribution >= 0.6 is 11.3 Å². The molecule has 0 bridgehead atoms. The minimum Gasteiger partial charge on any atom is -0.381 e. The van der Waals surface area contributed by atoms with Crippen LogP contribution in [0.15, 0.2) is 30.3 Å². The van der Waals surface area contributed by atoms with Gasteiger partial charge in [0.2, 0.25) is 0 Å². The molecule has 0 aliphatic heterocycles. The third kappa shape index (κ3) is 4.90. The van der Waals surface area contributed by atoms with E-state index in [4.69, 9.17) is 4.74 Å². The first kappa shape index (κ1) is 19.5. The van der Waals surface area contributed by atoms with Gasteiger partial charge in [-0.25, -0.2) is 9.97 Å². The van der Waals surface area contributed by atoms with Crippen LogP contribution in [0, 0.1) is 20.8 Å². The van der Waals surface area contributed by atoms with Crippen molar-refractivity contribution in [3.8, 4) is 0 Å². The Morgan fingerprint density at radius 1 is 1.11 bits per heavy atom. The zero-order valence-corrected chi connectivity index (χ0v) is 16.9. The molecule has 6 heteroatoms. The van der Waals surface area contributed by atoms with Crippen molar-refractivity contribution < 1.29 is 9.53 Å². The van der Waals surface area contributed by atoms with Crippen molar-refractivity contribution in [3.63, 3.8) is 0 Å². The van der Waals surface area contributed by atoms with Gasteiger partial charge in [-0.1, -0.05) is 30.3 Å². The Kier molecular flexibility index (Phi) is 6.53. The maximum atomic E-state index is 12.5. The molecule has 0 aliphatic carbocycles. The second-order valence-corrected chi connectivity index (χ2v) is 7.55. The van der Waals surface area contributed by atoms with Gasteiger partial charge in [-0.3, -0.25) is 4.79 Å². The Bertz CT molecular complexity index is 922. The molecular formula is C21H25N3O2S. The summed E-state index contributed by atoms with van der Waals surface area (Å²) in [7, 11) is 0. The fourth-order valence-corrected chi connectivity index (χ4v) is 4.28. The first-order chi connectivity index (χ1) is 13.1. The van der Waals surface area contributed by atoms with Crippen LogP contribution in [0.2, 0.25) is 0 Å². The lowest BCUT2D eigenvalue weighted by Crippen LogP contribution is -2.25. The number of hydrogen-bond donors (Lipinski definition) is 1. The standard InChI is InChI=1S/C21H25N3O2S/c1-14-18-15(2)23-16(3)24-21(18)27-19(14)20(25)22-11-7-12-26-13-10-17-8-5-4-6-9-17/h4-6,8-9H,7,10-13H2,1-3H3,(H,22,25). The summed E-state index contributed by atoms with van der Waals surface area (Å²) < 4.78 is 5.66. The smallest absolute Gasteiger partial charge is 0.261 e. The van der Waals surface area contributed by atoms with Gasteiger partial charge < -0.3 is 10.1 Å². The molecule has 2 aromatic heterocycles. The highest BCUT2D eigenvalue weighted by Crippen LogP contribution is 2.31. The topological polar surface area (TPSA) is 64.1 Å². The third-order valence-electron chi connectivity index (χ3n) is 4.42. The summed E-state index contributed by atoms with van der Waals surface area (Å²) >= 11 is 1.44. The molecule has 5 nitrogen and oxygen atoms in total. The number of aromatic nitrogens is 2. The van der Waals surface area contributed by atoms with Crippen molar-refractivity contribution in [2.45, 2.75) is 33.6 Å². The molecule has 1 N–H and O–H groups in total. The monoisotopic (exact) mass is 383 g/mol. The van der Waals surface area contributed by atoms with Gasteiger partial charge in [-0.15, -0.1) is 11.3 Å². The number of carbonyl (C=O) groups is 1. The molecular weight excluding hydrogens is 358 g/mol. The summed E-state index contributed by atoms with van der Waals surface area (Å²) in [5, 5.41) is 3.99. The van der Waals surface area contributed by atoms with Crippen LogP contribution in [-0.2, 0) is 11.2 Å². The second-order valence-electron chi connectivity index (χ2n) is 6.55. The Morgan fingerprint density at radius 2 is 1.89 bits per heavy atom. The lowest BCUT2D eigenvalue weighted by molar-refractivity contribution is 0.0945. The Morgan fingerprint density at radius 3 is 2.67 bits per heavy atom. The van der Waals surface area contributed by atoms with Crippen LogP contribution in [0.3, 0.4) is 0 Å². The van der Waals surface area contributed by atoms with E-state index in [1.807, 2.05) is 39.0 Å². The lowest BCUT2D eigenvalue weighted by atomic mass is 10.1. The molecule has 1 amide bonds. The van der Waals surface area contributed by atoms with Crippen molar-refractivity contribution in [1.82, 2.24) is 15.3 Å². The molecule has 27 heavy (non-hydrogen) atoms. The van der Waals surface area contributed by atoms with Crippen LogP contribution in [0.1, 0.15) is 38.7 Å². The molecule has 0 atom stereocenters. The third-order valence-corrected chi connectivity index (χ3v) is 5.60. The number of nitrogens with one attached hydrogen (secondary N) is 1. The first-order valence-corrected chi connectivity index (χ1v) is 10.0. The maximum absolute atomic E-state index is 12.5. The molecule has 0 saturated heterocycles. The zero-order valence-electron chi connectivity index (χ0n) is 16.0. The van der Waals surface area contributed by atoms with E-state index >= 15 is 0 Å². The summed E-state index contributed by atoms with van der Waals surface area (Å²) in [6, 6.07) is 10.3. The SMILES string of the molecule is Cc1nc(C)c2c(C)c(C(=O)NCCCOCCc3ccccc3)sc2n1. The number of rotatable bonds is 8. The highest BCUT2D eigenvalue weighted by Gasteiger charge is 2.18. The summed E-state index contributed by atoms with van der Waals surface area (Å²) in [6.45, 7) is 7.74. The van der Waals surface area contributed by atoms with Gasteiger partial charge in [0.05, 0.1) is 11.5 Å². The van der Waals surface area contributed by atoms with E-state index in [-0.39, 0.29) is 5.91 Å². The number of aryl methyl sites for hydroxylation is 3. The number of benzene rings is 1.